The van der Waals surface area contributed by atoms with Crippen molar-refractivity contribution in [2.45, 2.75) is 32.4 Å². The van der Waals surface area contributed by atoms with E-state index in [9.17, 15) is 9.59 Å². The van der Waals surface area contributed by atoms with Gasteiger partial charge < -0.3 is 9.80 Å². The predicted octanol–water partition coefficient (Wildman–Crippen LogP) is 3.60. The normalized spacial score (nSPS) is 18.7. The third kappa shape index (κ3) is 3.00. The van der Waals surface area contributed by atoms with Crippen LogP contribution < -0.4 is 0 Å². The maximum atomic E-state index is 12.9. The molecule has 0 unspecified atom stereocenters. The first-order valence-electron chi connectivity index (χ1n) is 8.52. The van der Waals surface area contributed by atoms with Crippen LogP contribution in [0.2, 0.25) is 0 Å². The number of rotatable bonds is 2. The van der Waals surface area contributed by atoms with E-state index >= 15 is 0 Å². The Bertz CT molecular complexity index is 855. The van der Waals surface area contributed by atoms with Gasteiger partial charge in [0.05, 0.1) is 12.5 Å². The quantitative estimate of drug-likeness (QED) is 0.829. The minimum atomic E-state index is -0.227. The van der Waals surface area contributed by atoms with E-state index in [1.165, 1.54) is 10.4 Å². The molecule has 3 heterocycles. The van der Waals surface area contributed by atoms with Crippen molar-refractivity contribution in [2.24, 2.45) is 0 Å². The monoisotopic (exact) mass is 352 g/mol. The molecule has 0 aliphatic carbocycles. The largest absolute Gasteiger partial charge is 0.338 e. The molecule has 2 aliphatic heterocycles. The summed E-state index contributed by atoms with van der Waals surface area (Å²) in [4.78, 5) is 30.0. The molecule has 4 rings (SSSR count). The fraction of sp³-hybridized carbons (Fsp3) is 0.300. The average Bonchev–Trinajstić information content (AvgIpc) is 3.09. The number of thiophene rings is 1. The third-order valence-electron chi connectivity index (χ3n) is 5.00. The standard InChI is InChI=1S/C20H20N2O2S/c1-14(23)22-10-6-15-4-2-3-5-17(15)18(22)12-20(24)21-9-7-19-16(13-21)8-11-25-19/h2-6,8,10-11,18H,7,9,12-13H2,1H3/t18-/m1/s1. The van der Waals surface area contributed by atoms with Gasteiger partial charge in [-0.05, 0) is 40.6 Å². The van der Waals surface area contributed by atoms with Crippen molar-refractivity contribution in [3.8, 4) is 0 Å². The van der Waals surface area contributed by atoms with Gasteiger partial charge in [-0.15, -0.1) is 11.3 Å². The first-order valence-corrected chi connectivity index (χ1v) is 9.40. The molecule has 0 saturated heterocycles. The molecule has 1 aromatic carbocycles. The highest BCUT2D eigenvalue weighted by Crippen LogP contribution is 2.34. The summed E-state index contributed by atoms with van der Waals surface area (Å²) in [5, 5.41) is 2.10. The maximum Gasteiger partial charge on any atom is 0.225 e. The third-order valence-corrected chi connectivity index (χ3v) is 6.02. The Hall–Kier alpha value is -2.40. The first-order chi connectivity index (χ1) is 12.1. The number of benzene rings is 1. The number of carbonyl (C=O) groups is 2. The molecule has 2 aromatic rings. The lowest BCUT2D eigenvalue weighted by Crippen LogP contribution is -2.39. The number of hydrogen-bond acceptors (Lipinski definition) is 3. The summed E-state index contributed by atoms with van der Waals surface area (Å²) in [6.07, 6.45) is 4.99. The lowest BCUT2D eigenvalue weighted by molar-refractivity contribution is -0.135. The first kappa shape index (κ1) is 16.1. The highest BCUT2D eigenvalue weighted by molar-refractivity contribution is 7.10. The van der Waals surface area contributed by atoms with Crippen molar-refractivity contribution in [3.63, 3.8) is 0 Å². The fourth-order valence-electron chi connectivity index (χ4n) is 3.67. The van der Waals surface area contributed by atoms with Crippen LogP contribution in [0.5, 0.6) is 0 Å². The van der Waals surface area contributed by atoms with E-state index in [1.54, 1.807) is 29.4 Å². The Kier molecular flexibility index (Phi) is 4.17. The van der Waals surface area contributed by atoms with Crippen molar-refractivity contribution in [2.75, 3.05) is 6.54 Å². The van der Waals surface area contributed by atoms with Gasteiger partial charge in [0, 0.05) is 31.1 Å². The molecular formula is C20H20N2O2S. The van der Waals surface area contributed by atoms with Gasteiger partial charge in [0.2, 0.25) is 11.8 Å². The lowest BCUT2D eigenvalue weighted by atomic mass is 9.93. The molecule has 0 fully saturated rings. The zero-order valence-electron chi connectivity index (χ0n) is 14.1. The average molecular weight is 352 g/mol. The second-order valence-corrected chi connectivity index (χ2v) is 7.53. The van der Waals surface area contributed by atoms with Crippen LogP contribution in [0.3, 0.4) is 0 Å². The Morgan fingerprint density at radius 3 is 2.92 bits per heavy atom. The van der Waals surface area contributed by atoms with Gasteiger partial charge in [-0.2, -0.15) is 0 Å². The molecule has 1 atom stereocenters. The van der Waals surface area contributed by atoms with E-state index < -0.39 is 0 Å². The van der Waals surface area contributed by atoms with Crippen molar-refractivity contribution in [1.29, 1.82) is 0 Å². The number of hydrogen-bond donors (Lipinski definition) is 0. The number of carbonyl (C=O) groups excluding carboxylic acids is 2. The molecular weight excluding hydrogens is 332 g/mol. The SMILES string of the molecule is CC(=O)N1C=Cc2ccccc2[C@H]1CC(=O)N1CCc2sccc2C1. The molecule has 0 bridgehead atoms. The smallest absolute Gasteiger partial charge is 0.225 e. The summed E-state index contributed by atoms with van der Waals surface area (Å²) in [6, 6.07) is 9.87. The van der Waals surface area contributed by atoms with Crippen molar-refractivity contribution in [1.82, 2.24) is 9.80 Å². The maximum absolute atomic E-state index is 12.9. The van der Waals surface area contributed by atoms with Crippen LogP contribution in [0, 0.1) is 0 Å². The molecule has 2 aliphatic rings. The van der Waals surface area contributed by atoms with Crippen LogP contribution >= 0.6 is 11.3 Å². The van der Waals surface area contributed by atoms with E-state index in [4.69, 9.17) is 0 Å². The van der Waals surface area contributed by atoms with E-state index in [1.807, 2.05) is 35.2 Å². The zero-order chi connectivity index (χ0) is 17.4. The van der Waals surface area contributed by atoms with Gasteiger partial charge in [0.15, 0.2) is 0 Å². The summed E-state index contributed by atoms with van der Waals surface area (Å²) < 4.78 is 0. The highest BCUT2D eigenvalue weighted by atomic mass is 32.1. The summed E-state index contributed by atoms with van der Waals surface area (Å²) in [5.74, 6) is 0.0699. The van der Waals surface area contributed by atoms with Crippen LogP contribution in [0.1, 0.15) is 41.0 Å². The molecule has 4 nitrogen and oxygen atoms in total. The summed E-state index contributed by atoms with van der Waals surface area (Å²) in [6.45, 7) is 2.99. The van der Waals surface area contributed by atoms with Crippen molar-refractivity contribution >= 4 is 29.2 Å². The van der Waals surface area contributed by atoms with Gasteiger partial charge in [-0.1, -0.05) is 24.3 Å². The minimum absolute atomic E-state index is 0.0395. The van der Waals surface area contributed by atoms with Crippen LogP contribution in [0.15, 0.2) is 41.9 Å². The Labute approximate surface area is 151 Å². The lowest BCUT2D eigenvalue weighted by Gasteiger charge is -2.34. The van der Waals surface area contributed by atoms with E-state index in [0.717, 1.165) is 24.1 Å². The fourth-order valence-corrected chi connectivity index (χ4v) is 4.56. The Morgan fingerprint density at radius 2 is 2.08 bits per heavy atom. The van der Waals surface area contributed by atoms with Gasteiger partial charge in [-0.25, -0.2) is 0 Å². The minimum Gasteiger partial charge on any atom is -0.338 e. The molecule has 5 heteroatoms. The summed E-state index contributed by atoms with van der Waals surface area (Å²) >= 11 is 1.77. The van der Waals surface area contributed by atoms with Gasteiger partial charge in [0.25, 0.3) is 0 Å². The van der Waals surface area contributed by atoms with Crippen LogP contribution in [0.25, 0.3) is 6.08 Å². The second kappa shape index (κ2) is 6.48. The molecule has 0 saturated carbocycles. The molecule has 128 valence electrons. The second-order valence-electron chi connectivity index (χ2n) is 6.53. The van der Waals surface area contributed by atoms with E-state index in [-0.39, 0.29) is 17.9 Å². The molecule has 0 radical (unpaired) electrons. The van der Waals surface area contributed by atoms with Crippen molar-refractivity contribution < 1.29 is 9.59 Å². The van der Waals surface area contributed by atoms with Gasteiger partial charge >= 0.3 is 0 Å². The highest BCUT2D eigenvalue weighted by Gasteiger charge is 2.31. The van der Waals surface area contributed by atoms with E-state index in [2.05, 4.69) is 11.4 Å². The molecule has 2 amide bonds. The Morgan fingerprint density at radius 1 is 1.24 bits per heavy atom. The summed E-state index contributed by atoms with van der Waals surface area (Å²) in [7, 11) is 0. The van der Waals surface area contributed by atoms with Crippen molar-refractivity contribution in [3.05, 3.63) is 63.5 Å². The molecule has 1 aromatic heterocycles. The topological polar surface area (TPSA) is 40.6 Å². The number of amides is 2. The molecule has 0 spiro atoms. The number of nitrogens with zero attached hydrogens (tertiary/aromatic N) is 2. The van der Waals surface area contributed by atoms with Crippen LogP contribution in [0.4, 0.5) is 0 Å². The Balaban J connectivity index is 1.56. The van der Waals surface area contributed by atoms with E-state index in [0.29, 0.717) is 13.0 Å². The van der Waals surface area contributed by atoms with Crippen LogP contribution in [-0.2, 0) is 22.6 Å². The molecule has 25 heavy (non-hydrogen) atoms. The summed E-state index contributed by atoms with van der Waals surface area (Å²) in [5.41, 5.74) is 3.38. The zero-order valence-corrected chi connectivity index (χ0v) is 15.0. The number of fused-ring (bicyclic) bond motifs is 2. The molecule has 0 N–H and O–H groups in total. The van der Waals surface area contributed by atoms with Gasteiger partial charge in [-0.3, -0.25) is 9.59 Å². The van der Waals surface area contributed by atoms with Crippen LogP contribution in [-0.4, -0.2) is 28.2 Å². The predicted molar refractivity (Wildman–Crippen MR) is 98.8 cm³/mol. The van der Waals surface area contributed by atoms with Gasteiger partial charge in [0.1, 0.15) is 0 Å².